The van der Waals surface area contributed by atoms with Crippen LogP contribution in [-0.2, 0) is 6.42 Å². The minimum absolute atomic E-state index is 0.105. The van der Waals surface area contributed by atoms with Crippen LogP contribution >= 0.6 is 0 Å². The Morgan fingerprint density at radius 3 is 2.92 bits per heavy atom. The van der Waals surface area contributed by atoms with E-state index in [4.69, 9.17) is 5.11 Å². The van der Waals surface area contributed by atoms with E-state index in [1.807, 2.05) is 19.9 Å². The van der Waals surface area contributed by atoms with Gasteiger partial charge in [-0.05, 0) is 39.7 Å². The molecule has 2 heterocycles. The number of fused-ring (bicyclic) bond motifs is 1. The highest BCUT2D eigenvalue weighted by Gasteiger charge is 2.15. The summed E-state index contributed by atoms with van der Waals surface area (Å²) in [7, 11) is 0. The molecule has 0 aliphatic heterocycles. The number of aliphatic hydroxyl groups is 1. The van der Waals surface area contributed by atoms with Crippen molar-refractivity contribution in [1.82, 2.24) is 25.2 Å². The molecule has 0 unspecified atom stereocenters. The van der Waals surface area contributed by atoms with Crippen molar-refractivity contribution >= 4 is 11.7 Å². The van der Waals surface area contributed by atoms with E-state index in [1.165, 1.54) is 0 Å². The molecule has 8 heteroatoms. The van der Waals surface area contributed by atoms with Crippen LogP contribution in [0.3, 0.4) is 0 Å². The Bertz CT molecular complexity index is 777. The van der Waals surface area contributed by atoms with E-state index in [2.05, 4.69) is 26.8 Å². The van der Waals surface area contributed by atoms with Gasteiger partial charge in [-0.3, -0.25) is 0 Å². The van der Waals surface area contributed by atoms with E-state index in [0.717, 1.165) is 11.4 Å². The number of nitrogens with one attached hydrogen (secondary N) is 2. The maximum atomic E-state index is 11.6. The average molecular weight is 330 g/mol. The van der Waals surface area contributed by atoms with Gasteiger partial charge in [0.05, 0.1) is 18.3 Å². The largest absolute Gasteiger partial charge is 0.394 e. The van der Waals surface area contributed by atoms with Crippen LogP contribution in [-0.4, -0.2) is 44.9 Å². The molecule has 2 aromatic rings. The van der Waals surface area contributed by atoms with Crippen LogP contribution in [0.1, 0.15) is 36.0 Å². The fourth-order valence-electron chi connectivity index (χ4n) is 2.43. The lowest BCUT2D eigenvalue weighted by molar-refractivity contribution is 0.220. The molecule has 2 aromatic heterocycles. The average Bonchev–Trinajstić information content (AvgIpc) is 2.89. The number of carbonyl (C=O) groups is 1. The highest BCUT2D eigenvalue weighted by molar-refractivity contribution is 5.74. The number of aryl methyl sites for hydroxylation is 3. The number of hydrogen-bond acceptors (Lipinski definition) is 5. The first-order valence-electron chi connectivity index (χ1n) is 7.87. The summed E-state index contributed by atoms with van der Waals surface area (Å²) in [5, 5.41) is 28.1. The summed E-state index contributed by atoms with van der Waals surface area (Å²) in [6.07, 6.45) is 1.22. The number of nitriles is 1. The lowest BCUT2D eigenvalue weighted by Gasteiger charge is -2.11. The van der Waals surface area contributed by atoms with Gasteiger partial charge >= 0.3 is 6.03 Å². The smallest absolute Gasteiger partial charge is 0.315 e. The van der Waals surface area contributed by atoms with Crippen LogP contribution in [0.4, 0.5) is 4.79 Å². The van der Waals surface area contributed by atoms with Gasteiger partial charge in [0, 0.05) is 17.9 Å². The third-order valence-electron chi connectivity index (χ3n) is 3.61. The molecule has 3 N–H and O–H groups in total. The number of amides is 2. The van der Waals surface area contributed by atoms with Crippen molar-refractivity contribution in [1.29, 1.82) is 5.26 Å². The van der Waals surface area contributed by atoms with Crippen LogP contribution in [0.5, 0.6) is 0 Å². The number of rotatable bonds is 6. The lowest BCUT2D eigenvalue weighted by atomic mass is 10.1. The molecule has 24 heavy (non-hydrogen) atoms. The Kier molecular flexibility index (Phi) is 5.71. The summed E-state index contributed by atoms with van der Waals surface area (Å²) in [4.78, 5) is 16.0. The van der Waals surface area contributed by atoms with E-state index >= 15 is 0 Å². The molecule has 0 saturated heterocycles. The Labute approximate surface area is 140 Å². The Balaban J connectivity index is 2.00. The molecule has 2 amide bonds. The number of aromatic nitrogens is 3. The molecular weight excluding hydrogens is 308 g/mol. The maximum Gasteiger partial charge on any atom is 0.315 e. The van der Waals surface area contributed by atoms with E-state index in [-0.39, 0.29) is 18.7 Å². The van der Waals surface area contributed by atoms with Crippen molar-refractivity contribution in [3.63, 3.8) is 0 Å². The van der Waals surface area contributed by atoms with Gasteiger partial charge in [-0.2, -0.15) is 10.4 Å². The van der Waals surface area contributed by atoms with Gasteiger partial charge in [-0.15, -0.1) is 0 Å². The Morgan fingerprint density at radius 1 is 1.50 bits per heavy atom. The second kappa shape index (κ2) is 7.75. The molecule has 0 aliphatic rings. The van der Waals surface area contributed by atoms with Crippen molar-refractivity contribution in [2.75, 3.05) is 13.2 Å². The van der Waals surface area contributed by atoms with Gasteiger partial charge in [-0.25, -0.2) is 14.3 Å². The standard InChI is InChI=1S/C16H22N6O2/c1-10-7-12(3)22-15(19-10)13(8-17)14(21-22)5-4-6-18-16(24)20-11(2)9-23/h7,11,23H,4-6,9H2,1-3H3,(H2,18,20,24)/t11-/m1/s1. The fourth-order valence-corrected chi connectivity index (χ4v) is 2.43. The summed E-state index contributed by atoms with van der Waals surface area (Å²) < 4.78 is 1.68. The topological polar surface area (TPSA) is 115 Å². The van der Waals surface area contributed by atoms with Crippen LogP contribution in [0, 0.1) is 25.2 Å². The van der Waals surface area contributed by atoms with Gasteiger partial charge < -0.3 is 15.7 Å². The van der Waals surface area contributed by atoms with Gasteiger partial charge in [0.25, 0.3) is 0 Å². The molecule has 0 bridgehead atoms. The molecular formula is C16H22N6O2. The normalized spacial score (nSPS) is 12.0. The Hall–Kier alpha value is -2.66. The number of aliphatic hydroxyl groups excluding tert-OH is 1. The predicted molar refractivity (Wildman–Crippen MR) is 88.6 cm³/mol. The lowest BCUT2D eigenvalue weighted by Crippen LogP contribution is -2.42. The molecule has 0 spiro atoms. The second-order valence-electron chi connectivity index (χ2n) is 5.80. The molecule has 8 nitrogen and oxygen atoms in total. The van der Waals surface area contributed by atoms with E-state index in [9.17, 15) is 10.1 Å². The van der Waals surface area contributed by atoms with E-state index in [1.54, 1.807) is 11.4 Å². The number of urea groups is 1. The van der Waals surface area contributed by atoms with Crippen molar-refractivity contribution < 1.29 is 9.90 Å². The molecule has 0 radical (unpaired) electrons. The predicted octanol–water partition coefficient (Wildman–Crippen LogP) is 0.830. The first-order valence-corrected chi connectivity index (χ1v) is 7.87. The highest BCUT2D eigenvalue weighted by Crippen LogP contribution is 2.16. The summed E-state index contributed by atoms with van der Waals surface area (Å²) in [6, 6.07) is 3.49. The number of nitrogens with zero attached hydrogens (tertiary/aromatic N) is 4. The summed E-state index contributed by atoms with van der Waals surface area (Å²) in [6.45, 7) is 5.87. The third-order valence-corrected chi connectivity index (χ3v) is 3.61. The second-order valence-corrected chi connectivity index (χ2v) is 5.80. The first kappa shape index (κ1) is 17.7. The van der Waals surface area contributed by atoms with Crippen LogP contribution in [0.15, 0.2) is 6.07 Å². The zero-order valence-corrected chi connectivity index (χ0v) is 14.1. The van der Waals surface area contributed by atoms with Crippen LogP contribution in [0.25, 0.3) is 5.65 Å². The fraction of sp³-hybridized carbons (Fsp3) is 0.500. The highest BCUT2D eigenvalue weighted by atomic mass is 16.3. The van der Waals surface area contributed by atoms with Crippen molar-refractivity contribution in [3.05, 3.63) is 28.7 Å². The van der Waals surface area contributed by atoms with Gasteiger partial charge in [-0.1, -0.05) is 0 Å². The van der Waals surface area contributed by atoms with Gasteiger partial charge in [0.15, 0.2) is 5.65 Å². The molecule has 0 aromatic carbocycles. The number of hydrogen-bond donors (Lipinski definition) is 3. The maximum absolute atomic E-state index is 11.6. The first-order chi connectivity index (χ1) is 11.5. The van der Waals surface area contributed by atoms with E-state index < -0.39 is 0 Å². The monoisotopic (exact) mass is 330 g/mol. The molecule has 128 valence electrons. The SMILES string of the molecule is Cc1cc(C)n2nc(CCCNC(=O)N[C@H](C)CO)c(C#N)c2n1. The van der Waals surface area contributed by atoms with Crippen molar-refractivity contribution in [2.45, 2.75) is 39.7 Å². The van der Waals surface area contributed by atoms with Gasteiger partial charge in [0.1, 0.15) is 11.6 Å². The van der Waals surface area contributed by atoms with E-state index in [0.29, 0.717) is 36.3 Å². The minimum Gasteiger partial charge on any atom is -0.394 e. The quantitative estimate of drug-likeness (QED) is 0.679. The summed E-state index contributed by atoms with van der Waals surface area (Å²) >= 11 is 0. The molecule has 0 fully saturated rings. The number of carbonyl (C=O) groups excluding carboxylic acids is 1. The molecule has 2 rings (SSSR count). The van der Waals surface area contributed by atoms with Crippen molar-refractivity contribution in [3.8, 4) is 6.07 Å². The zero-order valence-electron chi connectivity index (χ0n) is 14.1. The summed E-state index contributed by atoms with van der Waals surface area (Å²) in [5.41, 5.74) is 3.52. The van der Waals surface area contributed by atoms with Crippen LogP contribution < -0.4 is 10.6 Å². The summed E-state index contributed by atoms with van der Waals surface area (Å²) in [5.74, 6) is 0. The third kappa shape index (κ3) is 4.00. The van der Waals surface area contributed by atoms with Gasteiger partial charge in [0.2, 0.25) is 0 Å². The Morgan fingerprint density at radius 2 is 2.25 bits per heavy atom. The van der Waals surface area contributed by atoms with Crippen molar-refractivity contribution in [2.24, 2.45) is 0 Å². The van der Waals surface area contributed by atoms with Crippen LogP contribution in [0.2, 0.25) is 0 Å². The molecule has 0 saturated carbocycles. The zero-order chi connectivity index (χ0) is 17.7. The molecule has 0 aliphatic carbocycles. The molecule has 1 atom stereocenters. The minimum atomic E-state index is -0.319.